The Morgan fingerprint density at radius 3 is 2.46 bits per heavy atom. The molecule has 5 aliphatic rings. The lowest BCUT2D eigenvalue weighted by Crippen LogP contribution is -2.75. The van der Waals surface area contributed by atoms with E-state index in [1.165, 1.54) is 0 Å². The summed E-state index contributed by atoms with van der Waals surface area (Å²) in [6.07, 6.45) is 1.82. The molecule has 2 N–H and O–H groups in total. The zero-order valence-corrected chi connectivity index (χ0v) is 15.0. The molecular weight excluding hydrogens is 340 g/mol. The van der Waals surface area contributed by atoms with Crippen LogP contribution in [0.15, 0.2) is 4.99 Å². The molecule has 0 radical (unpaired) electrons. The molecule has 6 atom stereocenters. The smallest absolute Gasteiger partial charge is 0.330 e. The summed E-state index contributed by atoms with van der Waals surface area (Å²) in [5.41, 5.74) is -2.70. The number of epoxide rings is 2. The van der Waals surface area contributed by atoms with Gasteiger partial charge in [0.15, 0.2) is 5.54 Å². The third kappa shape index (κ3) is 1.82. The first-order chi connectivity index (χ1) is 12.2. The van der Waals surface area contributed by atoms with Gasteiger partial charge in [-0.1, -0.05) is 0 Å². The van der Waals surface area contributed by atoms with Gasteiger partial charge in [0, 0.05) is 13.0 Å². The van der Waals surface area contributed by atoms with Crippen molar-refractivity contribution in [3.8, 4) is 0 Å². The predicted molar refractivity (Wildman–Crippen MR) is 89.4 cm³/mol. The molecule has 8 nitrogen and oxygen atoms in total. The fourth-order valence-corrected chi connectivity index (χ4v) is 5.59. The van der Waals surface area contributed by atoms with Gasteiger partial charge in [-0.3, -0.25) is 14.7 Å². The van der Waals surface area contributed by atoms with Gasteiger partial charge in [0.05, 0.1) is 29.6 Å². The van der Waals surface area contributed by atoms with E-state index in [1.807, 2.05) is 13.8 Å². The van der Waals surface area contributed by atoms with Gasteiger partial charge < -0.3 is 19.7 Å². The largest absolute Gasteiger partial charge is 0.480 e. The fraction of sp³-hybridized carbons (Fsp3) is 0.833. The minimum atomic E-state index is -1.39. The molecule has 142 valence electrons. The van der Waals surface area contributed by atoms with Crippen molar-refractivity contribution < 1.29 is 29.3 Å². The summed E-state index contributed by atoms with van der Waals surface area (Å²) in [5.74, 6) is -1.97. The van der Waals surface area contributed by atoms with Gasteiger partial charge in [0.2, 0.25) is 0 Å². The monoisotopic (exact) mass is 364 g/mol. The normalized spacial score (nSPS) is 52.2. The third-order valence-corrected chi connectivity index (χ3v) is 7.47. The zero-order chi connectivity index (χ0) is 18.5. The number of aliphatic carboxylic acids is 2. The van der Waals surface area contributed by atoms with E-state index in [2.05, 4.69) is 4.99 Å². The molecule has 0 amide bonds. The minimum absolute atomic E-state index is 0.119. The maximum Gasteiger partial charge on any atom is 0.330 e. The van der Waals surface area contributed by atoms with Crippen LogP contribution in [0.3, 0.4) is 0 Å². The van der Waals surface area contributed by atoms with Gasteiger partial charge in [-0.25, -0.2) is 4.79 Å². The molecule has 3 heterocycles. The van der Waals surface area contributed by atoms with E-state index in [1.54, 1.807) is 4.90 Å². The van der Waals surface area contributed by atoms with Crippen LogP contribution in [0.25, 0.3) is 0 Å². The standard InChI is InChI=1S/C18H24N2O6/c1-15-3-5-17(13(21)22,9-10(15)25-15)20-8-7-19-11-12-16(2,26-12)4-6-18(11,20)14(23)24/h10,12H,3-9H2,1-2H3,(H,21,22)(H,23,24). The number of carboxylic acid groups (broad SMARTS) is 2. The number of carboxylic acids is 2. The molecular formula is C18H24N2O6. The summed E-state index contributed by atoms with van der Waals surface area (Å²) >= 11 is 0. The molecule has 0 aromatic heterocycles. The number of rotatable bonds is 3. The van der Waals surface area contributed by atoms with E-state index in [9.17, 15) is 19.8 Å². The Kier molecular flexibility index (Phi) is 2.98. The molecule has 4 fully saturated rings. The summed E-state index contributed by atoms with van der Waals surface area (Å²) in [5, 5.41) is 20.5. The highest BCUT2D eigenvalue weighted by atomic mass is 16.6. The van der Waals surface area contributed by atoms with Crippen molar-refractivity contribution in [3.05, 3.63) is 0 Å². The van der Waals surface area contributed by atoms with Gasteiger partial charge >= 0.3 is 11.9 Å². The second-order valence-electron chi connectivity index (χ2n) is 8.85. The molecule has 2 saturated carbocycles. The first-order valence-electron chi connectivity index (χ1n) is 9.33. The summed E-state index contributed by atoms with van der Waals surface area (Å²) in [6, 6.07) is 0. The van der Waals surface area contributed by atoms with Gasteiger partial charge in [0.1, 0.15) is 11.6 Å². The second-order valence-corrected chi connectivity index (χ2v) is 8.85. The van der Waals surface area contributed by atoms with Crippen molar-refractivity contribution in [1.82, 2.24) is 4.90 Å². The van der Waals surface area contributed by atoms with Crippen LogP contribution in [0.1, 0.15) is 46.0 Å². The van der Waals surface area contributed by atoms with Gasteiger partial charge in [-0.15, -0.1) is 0 Å². The van der Waals surface area contributed by atoms with E-state index in [-0.39, 0.29) is 23.4 Å². The molecule has 0 aromatic carbocycles. The first kappa shape index (κ1) is 16.6. The molecule has 0 spiro atoms. The third-order valence-electron chi connectivity index (χ3n) is 7.47. The van der Waals surface area contributed by atoms with Crippen LogP contribution in [0.5, 0.6) is 0 Å². The van der Waals surface area contributed by atoms with Crippen molar-refractivity contribution >= 4 is 17.7 Å². The van der Waals surface area contributed by atoms with Gasteiger partial charge in [0.25, 0.3) is 0 Å². The SMILES string of the molecule is CC12CCC(C(=O)O)(N3CCN=C4C5OC5(C)CCC43C(=O)O)CC1O2. The zero-order valence-electron chi connectivity index (χ0n) is 15.0. The van der Waals surface area contributed by atoms with Gasteiger partial charge in [-0.2, -0.15) is 0 Å². The molecule has 0 aromatic rings. The molecule has 3 aliphatic heterocycles. The molecule has 6 unspecified atom stereocenters. The number of ether oxygens (including phenoxy) is 2. The summed E-state index contributed by atoms with van der Waals surface area (Å²) in [6.45, 7) is 4.71. The Morgan fingerprint density at radius 2 is 1.81 bits per heavy atom. The van der Waals surface area contributed by atoms with Crippen LogP contribution >= 0.6 is 0 Å². The highest BCUT2D eigenvalue weighted by Gasteiger charge is 2.73. The van der Waals surface area contributed by atoms with E-state index >= 15 is 0 Å². The summed E-state index contributed by atoms with van der Waals surface area (Å²) < 4.78 is 11.5. The van der Waals surface area contributed by atoms with Crippen LogP contribution in [0.2, 0.25) is 0 Å². The number of hydrogen-bond donors (Lipinski definition) is 2. The van der Waals surface area contributed by atoms with E-state index in [0.717, 1.165) is 0 Å². The molecule has 8 heteroatoms. The molecule has 26 heavy (non-hydrogen) atoms. The average Bonchev–Trinajstić information content (AvgIpc) is 3.46. The van der Waals surface area contributed by atoms with Gasteiger partial charge in [-0.05, 0) is 39.5 Å². The minimum Gasteiger partial charge on any atom is -0.480 e. The van der Waals surface area contributed by atoms with E-state index < -0.39 is 23.0 Å². The Morgan fingerprint density at radius 1 is 1.08 bits per heavy atom. The quantitative estimate of drug-likeness (QED) is 0.708. The second kappa shape index (κ2) is 4.66. The van der Waals surface area contributed by atoms with Crippen molar-refractivity contribution in [2.45, 2.75) is 80.4 Å². The van der Waals surface area contributed by atoms with Crippen molar-refractivity contribution in [2.75, 3.05) is 13.1 Å². The average molecular weight is 364 g/mol. The maximum absolute atomic E-state index is 12.5. The van der Waals surface area contributed by atoms with Crippen LogP contribution in [-0.4, -0.2) is 80.3 Å². The Bertz CT molecular complexity index is 754. The van der Waals surface area contributed by atoms with Crippen LogP contribution < -0.4 is 0 Å². The summed E-state index contributed by atoms with van der Waals surface area (Å²) in [4.78, 5) is 31.3. The summed E-state index contributed by atoms with van der Waals surface area (Å²) in [7, 11) is 0. The lowest BCUT2D eigenvalue weighted by atomic mass is 9.68. The van der Waals surface area contributed by atoms with Crippen LogP contribution in [-0.2, 0) is 19.1 Å². The Labute approximate surface area is 151 Å². The molecule has 2 saturated heterocycles. The first-order valence-corrected chi connectivity index (χ1v) is 9.33. The predicted octanol–water partition coefficient (Wildman–Crippen LogP) is 0.683. The highest BCUT2D eigenvalue weighted by Crippen LogP contribution is 2.57. The lowest BCUT2D eigenvalue weighted by Gasteiger charge is -2.54. The number of aliphatic imine (C=N–C) groups is 1. The topological polar surface area (TPSA) is 115 Å². The molecule has 5 rings (SSSR count). The lowest BCUT2D eigenvalue weighted by molar-refractivity contribution is -0.167. The number of nitrogens with zero attached hydrogens (tertiary/aromatic N) is 2. The highest BCUT2D eigenvalue weighted by molar-refractivity contribution is 6.15. The number of carbonyl (C=O) groups is 2. The van der Waals surface area contributed by atoms with Crippen molar-refractivity contribution in [2.24, 2.45) is 4.99 Å². The Balaban J connectivity index is 1.60. The van der Waals surface area contributed by atoms with Crippen LogP contribution in [0.4, 0.5) is 0 Å². The van der Waals surface area contributed by atoms with E-state index in [4.69, 9.17) is 9.47 Å². The number of fused-ring (bicyclic) bond motifs is 4. The van der Waals surface area contributed by atoms with E-state index in [0.29, 0.717) is 50.9 Å². The van der Waals surface area contributed by atoms with Crippen molar-refractivity contribution in [3.63, 3.8) is 0 Å². The molecule has 0 bridgehead atoms. The molecule has 2 aliphatic carbocycles. The Hall–Kier alpha value is -1.51. The van der Waals surface area contributed by atoms with Crippen molar-refractivity contribution in [1.29, 1.82) is 0 Å². The fourth-order valence-electron chi connectivity index (χ4n) is 5.59. The van der Waals surface area contributed by atoms with Crippen LogP contribution in [0, 0.1) is 0 Å². The maximum atomic E-state index is 12.5. The number of hydrogen-bond acceptors (Lipinski definition) is 6.